The van der Waals surface area contributed by atoms with Crippen molar-refractivity contribution in [1.29, 1.82) is 0 Å². The molecule has 36 heavy (non-hydrogen) atoms. The minimum atomic E-state index is -1.14. The fraction of sp³-hybridized carbons (Fsp3) is 0.500. The Bertz CT molecular complexity index is 1050. The van der Waals surface area contributed by atoms with Gasteiger partial charge in [-0.1, -0.05) is 26.8 Å². The second-order valence-electron chi connectivity index (χ2n) is 9.32. The first-order valence-electron chi connectivity index (χ1n) is 11.3. The number of amides is 3. The van der Waals surface area contributed by atoms with Crippen LogP contribution in [0.4, 0.5) is 5.69 Å². The zero-order valence-corrected chi connectivity index (χ0v) is 21.1. The molecule has 12 nitrogen and oxygen atoms in total. The molecule has 1 heterocycles. The van der Waals surface area contributed by atoms with Gasteiger partial charge in [0.25, 0.3) is 5.56 Å². The van der Waals surface area contributed by atoms with Crippen LogP contribution in [0.25, 0.3) is 0 Å². The number of aliphatic carboxylic acids is 1. The zero-order chi connectivity index (χ0) is 27.5. The van der Waals surface area contributed by atoms with Crippen LogP contribution >= 0.6 is 0 Å². The Morgan fingerprint density at radius 1 is 1.14 bits per heavy atom. The van der Waals surface area contributed by atoms with E-state index in [1.165, 1.54) is 38.4 Å². The molecular weight excluding hydrogens is 472 g/mol. The maximum absolute atomic E-state index is 12.8. The number of ether oxygens (including phenoxy) is 1. The number of carbonyl (C=O) groups excluding carboxylic acids is 4. The van der Waals surface area contributed by atoms with Crippen LogP contribution in [0.2, 0.25) is 0 Å². The number of hydrogen-bond donors (Lipinski definition) is 4. The Morgan fingerprint density at radius 3 is 2.36 bits per heavy atom. The molecule has 0 aliphatic heterocycles. The standard InChI is InChI=1S/C24H34N4O8/c1-15(29)25-16(9-6-7-11-20(31)32)21(33)27-17-10-8-12-28(22(17)34)14-19(30)26-18(23(35)36-5)13-24(2,3)4/h7-8,10-12,16,18H,6,9,13-14H2,1-5H3,(H,25,29)(H,26,30)(H,27,33)(H,31,32). The van der Waals surface area contributed by atoms with Crippen molar-refractivity contribution < 1.29 is 33.8 Å². The second-order valence-corrected chi connectivity index (χ2v) is 9.32. The lowest BCUT2D eigenvalue weighted by Crippen LogP contribution is -2.46. The van der Waals surface area contributed by atoms with Crippen molar-refractivity contribution in [2.75, 3.05) is 12.4 Å². The molecule has 0 bridgehead atoms. The van der Waals surface area contributed by atoms with Crippen molar-refractivity contribution in [3.63, 3.8) is 0 Å². The van der Waals surface area contributed by atoms with Crippen LogP contribution in [0, 0.1) is 5.41 Å². The van der Waals surface area contributed by atoms with Gasteiger partial charge in [0, 0.05) is 19.2 Å². The van der Waals surface area contributed by atoms with E-state index in [0.717, 1.165) is 10.6 Å². The molecule has 198 valence electrons. The summed E-state index contributed by atoms with van der Waals surface area (Å²) in [4.78, 5) is 72.3. The maximum atomic E-state index is 12.8. The number of nitrogens with one attached hydrogen (secondary N) is 3. The van der Waals surface area contributed by atoms with Crippen LogP contribution in [0.15, 0.2) is 35.3 Å². The topological polar surface area (TPSA) is 173 Å². The lowest BCUT2D eigenvalue weighted by molar-refractivity contribution is -0.146. The normalized spacial score (nSPS) is 12.9. The molecule has 4 N–H and O–H groups in total. The number of nitrogens with zero attached hydrogens (tertiary/aromatic N) is 1. The molecule has 0 saturated heterocycles. The van der Waals surface area contributed by atoms with Crippen LogP contribution < -0.4 is 21.5 Å². The number of carbonyl (C=O) groups is 5. The molecule has 0 aliphatic rings. The summed E-state index contributed by atoms with van der Waals surface area (Å²) in [6, 6.07) is 0.895. The molecule has 12 heteroatoms. The quantitative estimate of drug-likeness (QED) is 0.238. The number of hydrogen-bond acceptors (Lipinski definition) is 7. The number of carboxylic acid groups (broad SMARTS) is 1. The van der Waals surface area contributed by atoms with E-state index in [4.69, 9.17) is 9.84 Å². The van der Waals surface area contributed by atoms with Gasteiger partial charge in [0.05, 0.1) is 7.11 Å². The van der Waals surface area contributed by atoms with Crippen molar-refractivity contribution in [3.8, 4) is 0 Å². The first-order chi connectivity index (χ1) is 16.7. The van der Waals surface area contributed by atoms with Crippen molar-refractivity contribution in [3.05, 3.63) is 40.8 Å². The lowest BCUT2D eigenvalue weighted by atomic mass is 9.88. The predicted molar refractivity (Wildman–Crippen MR) is 131 cm³/mol. The minimum Gasteiger partial charge on any atom is -0.478 e. The second kappa shape index (κ2) is 13.8. The molecule has 3 amide bonds. The fourth-order valence-corrected chi connectivity index (χ4v) is 3.28. The molecule has 2 atom stereocenters. The Hall–Kier alpha value is -3.96. The third-order valence-electron chi connectivity index (χ3n) is 4.81. The number of anilines is 1. The van der Waals surface area contributed by atoms with Crippen LogP contribution in [-0.4, -0.2) is 58.5 Å². The largest absolute Gasteiger partial charge is 0.478 e. The van der Waals surface area contributed by atoms with E-state index in [0.29, 0.717) is 6.42 Å². The van der Waals surface area contributed by atoms with E-state index in [9.17, 15) is 28.8 Å². The van der Waals surface area contributed by atoms with Crippen molar-refractivity contribution in [2.45, 2.75) is 65.6 Å². The van der Waals surface area contributed by atoms with Crippen molar-refractivity contribution in [2.24, 2.45) is 5.41 Å². The third-order valence-corrected chi connectivity index (χ3v) is 4.81. The van der Waals surface area contributed by atoms with E-state index in [1.54, 1.807) is 0 Å². The average Bonchev–Trinajstić information content (AvgIpc) is 2.76. The van der Waals surface area contributed by atoms with Crippen molar-refractivity contribution in [1.82, 2.24) is 15.2 Å². The minimum absolute atomic E-state index is 0.0985. The molecule has 0 radical (unpaired) electrons. The van der Waals surface area contributed by atoms with Crippen LogP contribution in [-0.2, 0) is 35.3 Å². The number of pyridine rings is 1. The first kappa shape index (κ1) is 30.1. The van der Waals surface area contributed by atoms with Gasteiger partial charge in [0.2, 0.25) is 17.7 Å². The summed E-state index contributed by atoms with van der Waals surface area (Å²) in [5, 5.41) is 16.1. The summed E-state index contributed by atoms with van der Waals surface area (Å²) < 4.78 is 5.83. The van der Waals surface area contributed by atoms with E-state index in [-0.39, 0.29) is 23.9 Å². The van der Waals surface area contributed by atoms with Gasteiger partial charge in [-0.05, 0) is 36.8 Å². The van der Waals surface area contributed by atoms with E-state index >= 15 is 0 Å². The predicted octanol–water partition coefficient (Wildman–Crippen LogP) is 0.807. The summed E-state index contributed by atoms with van der Waals surface area (Å²) >= 11 is 0. The highest BCUT2D eigenvalue weighted by molar-refractivity contribution is 5.96. The molecule has 0 saturated carbocycles. The van der Waals surface area contributed by atoms with Gasteiger partial charge in [-0.25, -0.2) is 9.59 Å². The Morgan fingerprint density at radius 2 is 1.81 bits per heavy atom. The SMILES string of the molecule is COC(=O)C(CC(C)(C)C)NC(=O)Cn1cccc(NC(=O)C(CCC=CC(=O)O)NC(C)=O)c1=O. The molecule has 0 fully saturated rings. The number of carboxylic acids is 1. The maximum Gasteiger partial charge on any atom is 0.328 e. The van der Waals surface area contributed by atoms with Gasteiger partial charge in [0.1, 0.15) is 24.3 Å². The van der Waals surface area contributed by atoms with Gasteiger partial charge >= 0.3 is 11.9 Å². The van der Waals surface area contributed by atoms with Gasteiger partial charge in [-0.2, -0.15) is 0 Å². The highest BCUT2D eigenvalue weighted by atomic mass is 16.5. The summed E-state index contributed by atoms with van der Waals surface area (Å²) in [5.74, 6) is -3.49. The molecular formula is C24H34N4O8. The fourth-order valence-electron chi connectivity index (χ4n) is 3.28. The molecule has 0 aliphatic carbocycles. The summed E-state index contributed by atoms with van der Waals surface area (Å²) in [6.07, 6.45) is 4.25. The highest BCUT2D eigenvalue weighted by Crippen LogP contribution is 2.21. The smallest absolute Gasteiger partial charge is 0.328 e. The number of rotatable bonds is 12. The van der Waals surface area contributed by atoms with Gasteiger partial charge in [-0.3, -0.25) is 19.2 Å². The molecule has 2 unspecified atom stereocenters. The van der Waals surface area contributed by atoms with Crippen molar-refractivity contribution >= 4 is 35.3 Å². The van der Waals surface area contributed by atoms with E-state index < -0.39 is 53.8 Å². The molecule has 1 rings (SSSR count). The van der Waals surface area contributed by atoms with E-state index in [2.05, 4.69) is 16.0 Å². The zero-order valence-electron chi connectivity index (χ0n) is 21.1. The first-order valence-corrected chi connectivity index (χ1v) is 11.3. The average molecular weight is 507 g/mol. The van der Waals surface area contributed by atoms with Gasteiger partial charge in [-0.15, -0.1) is 0 Å². The molecule has 0 aromatic carbocycles. The van der Waals surface area contributed by atoms with Gasteiger partial charge < -0.3 is 30.4 Å². The van der Waals surface area contributed by atoms with E-state index in [1.807, 2.05) is 20.8 Å². The number of methoxy groups -OCH3 is 1. The molecule has 1 aromatic rings. The number of allylic oxidation sites excluding steroid dienone is 1. The Balaban J connectivity index is 2.96. The summed E-state index contributed by atoms with van der Waals surface area (Å²) in [5.41, 5.74) is -1.06. The summed E-state index contributed by atoms with van der Waals surface area (Å²) in [7, 11) is 1.22. The number of aromatic nitrogens is 1. The van der Waals surface area contributed by atoms with Crippen LogP contribution in [0.1, 0.15) is 47.0 Å². The Labute approximate surface area is 209 Å². The van der Waals surface area contributed by atoms with Crippen LogP contribution in [0.5, 0.6) is 0 Å². The van der Waals surface area contributed by atoms with Crippen LogP contribution in [0.3, 0.4) is 0 Å². The number of esters is 1. The molecule has 1 aromatic heterocycles. The highest BCUT2D eigenvalue weighted by Gasteiger charge is 2.27. The summed E-state index contributed by atoms with van der Waals surface area (Å²) in [6.45, 7) is 6.53. The Kier molecular flexibility index (Phi) is 11.5. The molecule has 0 spiro atoms. The third kappa shape index (κ3) is 11.0. The lowest BCUT2D eigenvalue weighted by Gasteiger charge is -2.25. The monoisotopic (exact) mass is 506 g/mol. The van der Waals surface area contributed by atoms with Gasteiger partial charge in [0.15, 0.2) is 0 Å².